The van der Waals surface area contributed by atoms with Gasteiger partial charge < -0.3 is 10.6 Å². The number of hydrogen-bond acceptors (Lipinski definition) is 2. The number of rotatable bonds is 6. The van der Waals surface area contributed by atoms with Crippen molar-refractivity contribution >= 4 is 11.6 Å². The Bertz CT molecular complexity index is 482. The molecule has 0 bridgehead atoms. The Hall–Kier alpha value is -1.35. The summed E-state index contributed by atoms with van der Waals surface area (Å²) in [6.45, 7) is 9.61. The molecule has 0 heterocycles. The molecule has 0 spiro atoms. The molecule has 1 aromatic carbocycles. The molecule has 2 unspecified atom stereocenters. The van der Waals surface area contributed by atoms with Crippen LogP contribution >= 0.6 is 0 Å². The van der Waals surface area contributed by atoms with Gasteiger partial charge in [0.05, 0.1) is 0 Å². The van der Waals surface area contributed by atoms with Crippen LogP contribution < -0.4 is 10.6 Å². The average Bonchev–Trinajstić information content (AvgIpc) is 3.05. The minimum Gasteiger partial charge on any atom is -0.326 e. The van der Waals surface area contributed by atoms with Crippen molar-refractivity contribution in [2.24, 2.45) is 11.3 Å². The van der Waals surface area contributed by atoms with Gasteiger partial charge in [-0.25, -0.2) is 0 Å². The molecule has 1 aliphatic carbocycles. The van der Waals surface area contributed by atoms with Crippen LogP contribution in [0.4, 0.5) is 5.69 Å². The van der Waals surface area contributed by atoms with Crippen molar-refractivity contribution in [2.45, 2.75) is 46.6 Å². The standard InChI is InChI=1S/C17H26N2O/c1-5-9-18-12(2)13-7-6-8-14(10-13)19-16(20)15-11-17(15,3)4/h6-8,10,12,15,18H,5,9,11H2,1-4H3,(H,19,20). The van der Waals surface area contributed by atoms with Gasteiger partial charge in [-0.1, -0.05) is 32.9 Å². The molecular formula is C17H26N2O. The molecule has 1 aromatic rings. The highest BCUT2D eigenvalue weighted by Crippen LogP contribution is 2.51. The van der Waals surface area contributed by atoms with Crippen molar-refractivity contribution in [3.05, 3.63) is 29.8 Å². The topological polar surface area (TPSA) is 41.1 Å². The third-order valence-corrected chi connectivity index (χ3v) is 4.18. The lowest BCUT2D eigenvalue weighted by Crippen LogP contribution is -2.20. The van der Waals surface area contributed by atoms with Gasteiger partial charge in [0.15, 0.2) is 0 Å². The molecule has 1 saturated carbocycles. The zero-order chi connectivity index (χ0) is 14.8. The van der Waals surface area contributed by atoms with E-state index in [0.717, 1.165) is 25.1 Å². The van der Waals surface area contributed by atoms with Gasteiger partial charge in [0.25, 0.3) is 0 Å². The molecule has 0 radical (unpaired) electrons. The summed E-state index contributed by atoms with van der Waals surface area (Å²) in [5.41, 5.74) is 2.30. The molecular weight excluding hydrogens is 248 g/mol. The van der Waals surface area contributed by atoms with Gasteiger partial charge in [-0.15, -0.1) is 0 Å². The maximum atomic E-state index is 12.1. The first-order valence-electron chi connectivity index (χ1n) is 7.58. The molecule has 2 N–H and O–H groups in total. The van der Waals surface area contributed by atoms with E-state index in [1.54, 1.807) is 0 Å². The van der Waals surface area contributed by atoms with Crippen LogP contribution in [0.1, 0.15) is 52.1 Å². The zero-order valence-corrected chi connectivity index (χ0v) is 13.0. The lowest BCUT2D eigenvalue weighted by atomic mass is 10.1. The Labute approximate surface area is 122 Å². The third-order valence-electron chi connectivity index (χ3n) is 4.18. The Morgan fingerprint density at radius 2 is 2.15 bits per heavy atom. The summed E-state index contributed by atoms with van der Waals surface area (Å²) in [4.78, 5) is 12.1. The van der Waals surface area contributed by atoms with Gasteiger partial charge in [-0.3, -0.25) is 4.79 Å². The van der Waals surface area contributed by atoms with E-state index in [0.29, 0.717) is 6.04 Å². The predicted molar refractivity (Wildman–Crippen MR) is 83.7 cm³/mol. The van der Waals surface area contributed by atoms with Gasteiger partial charge >= 0.3 is 0 Å². The van der Waals surface area contributed by atoms with Crippen LogP contribution in [0.2, 0.25) is 0 Å². The van der Waals surface area contributed by atoms with Crippen LogP contribution in [0.25, 0.3) is 0 Å². The molecule has 0 saturated heterocycles. The molecule has 20 heavy (non-hydrogen) atoms. The van der Waals surface area contributed by atoms with Crippen LogP contribution in [0, 0.1) is 11.3 Å². The normalized spacial score (nSPS) is 21.3. The van der Waals surface area contributed by atoms with Crippen LogP contribution in [0.15, 0.2) is 24.3 Å². The van der Waals surface area contributed by atoms with E-state index in [1.807, 2.05) is 12.1 Å². The lowest BCUT2D eigenvalue weighted by Gasteiger charge is -2.15. The highest BCUT2D eigenvalue weighted by Gasteiger charge is 2.50. The fraction of sp³-hybridized carbons (Fsp3) is 0.588. The summed E-state index contributed by atoms with van der Waals surface area (Å²) >= 11 is 0. The van der Waals surface area contributed by atoms with Gasteiger partial charge in [0, 0.05) is 17.6 Å². The lowest BCUT2D eigenvalue weighted by molar-refractivity contribution is -0.118. The molecule has 110 valence electrons. The summed E-state index contributed by atoms with van der Waals surface area (Å²) in [7, 11) is 0. The zero-order valence-electron chi connectivity index (χ0n) is 13.0. The van der Waals surface area contributed by atoms with Gasteiger partial charge in [0.1, 0.15) is 0 Å². The van der Waals surface area contributed by atoms with Crippen molar-refractivity contribution in [3.63, 3.8) is 0 Å². The van der Waals surface area contributed by atoms with E-state index in [4.69, 9.17) is 0 Å². The van der Waals surface area contributed by atoms with E-state index in [9.17, 15) is 4.79 Å². The van der Waals surface area contributed by atoms with Crippen LogP contribution in [-0.2, 0) is 4.79 Å². The van der Waals surface area contributed by atoms with Crippen LogP contribution in [0.5, 0.6) is 0 Å². The minimum atomic E-state index is 0.154. The molecule has 0 aliphatic heterocycles. The smallest absolute Gasteiger partial charge is 0.228 e. The van der Waals surface area contributed by atoms with Crippen molar-refractivity contribution in [1.82, 2.24) is 5.32 Å². The summed E-state index contributed by atoms with van der Waals surface area (Å²) in [6, 6.07) is 8.45. The molecule has 2 rings (SSSR count). The fourth-order valence-corrected chi connectivity index (χ4v) is 2.51. The number of amides is 1. The quantitative estimate of drug-likeness (QED) is 0.830. The molecule has 1 fully saturated rings. The van der Waals surface area contributed by atoms with Crippen molar-refractivity contribution < 1.29 is 4.79 Å². The summed E-state index contributed by atoms with van der Waals surface area (Å²) < 4.78 is 0. The van der Waals surface area contributed by atoms with E-state index < -0.39 is 0 Å². The number of carbonyl (C=O) groups excluding carboxylic acids is 1. The van der Waals surface area contributed by atoms with E-state index in [-0.39, 0.29) is 17.2 Å². The number of anilines is 1. The van der Waals surface area contributed by atoms with Gasteiger partial charge in [-0.05, 0) is 49.4 Å². The van der Waals surface area contributed by atoms with Crippen LogP contribution in [-0.4, -0.2) is 12.5 Å². The first kappa shape index (κ1) is 15.0. The molecule has 2 atom stereocenters. The molecule has 1 aliphatic rings. The van der Waals surface area contributed by atoms with Crippen LogP contribution in [0.3, 0.4) is 0 Å². The van der Waals surface area contributed by atoms with Crippen molar-refractivity contribution in [3.8, 4) is 0 Å². The maximum absolute atomic E-state index is 12.1. The van der Waals surface area contributed by atoms with Crippen molar-refractivity contribution in [1.29, 1.82) is 0 Å². The summed E-state index contributed by atoms with van der Waals surface area (Å²) in [6.07, 6.45) is 2.12. The first-order chi connectivity index (χ1) is 9.44. The molecule has 3 heteroatoms. The second kappa shape index (κ2) is 5.96. The number of nitrogens with one attached hydrogen (secondary N) is 2. The third kappa shape index (κ3) is 3.60. The summed E-state index contributed by atoms with van der Waals surface area (Å²) in [5.74, 6) is 0.322. The van der Waals surface area contributed by atoms with E-state index >= 15 is 0 Å². The Kier molecular flexibility index (Phi) is 4.48. The fourth-order valence-electron chi connectivity index (χ4n) is 2.51. The van der Waals surface area contributed by atoms with E-state index in [2.05, 4.69) is 50.5 Å². The summed E-state index contributed by atoms with van der Waals surface area (Å²) in [5, 5.41) is 6.51. The number of benzene rings is 1. The minimum absolute atomic E-state index is 0.154. The van der Waals surface area contributed by atoms with Crippen molar-refractivity contribution in [2.75, 3.05) is 11.9 Å². The van der Waals surface area contributed by atoms with E-state index in [1.165, 1.54) is 5.56 Å². The second-order valence-electron chi connectivity index (χ2n) is 6.54. The monoisotopic (exact) mass is 274 g/mol. The number of hydrogen-bond donors (Lipinski definition) is 2. The predicted octanol–water partition coefficient (Wildman–Crippen LogP) is 3.73. The first-order valence-corrected chi connectivity index (χ1v) is 7.58. The average molecular weight is 274 g/mol. The highest BCUT2D eigenvalue weighted by molar-refractivity contribution is 5.95. The SMILES string of the molecule is CCCNC(C)c1cccc(NC(=O)C2CC2(C)C)c1. The molecule has 1 amide bonds. The largest absolute Gasteiger partial charge is 0.326 e. The maximum Gasteiger partial charge on any atom is 0.228 e. The molecule has 0 aromatic heterocycles. The number of carbonyl (C=O) groups is 1. The second-order valence-corrected chi connectivity index (χ2v) is 6.54. The molecule has 3 nitrogen and oxygen atoms in total. The Morgan fingerprint density at radius 1 is 1.45 bits per heavy atom. The Morgan fingerprint density at radius 3 is 2.75 bits per heavy atom. The Balaban J connectivity index is 1.97. The highest BCUT2D eigenvalue weighted by atomic mass is 16.2. The van der Waals surface area contributed by atoms with Gasteiger partial charge in [0.2, 0.25) is 5.91 Å². The van der Waals surface area contributed by atoms with Gasteiger partial charge in [-0.2, -0.15) is 0 Å².